The highest BCUT2D eigenvalue weighted by atomic mass is 35.5. The molecule has 1 amide bonds. The molecule has 8 heteroatoms. The predicted octanol–water partition coefficient (Wildman–Crippen LogP) is 3.91. The van der Waals surface area contributed by atoms with Gasteiger partial charge in [0, 0.05) is 18.7 Å². The van der Waals surface area contributed by atoms with Gasteiger partial charge in [0.2, 0.25) is 0 Å². The van der Waals surface area contributed by atoms with Crippen LogP contribution in [-0.2, 0) is 10.0 Å². The number of carbonyl (C=O) groups is 1. The van der Waals surface area contributed by atoms with E-state index < -0.39 is 15.8 Å². The van der Waals surface area contributed by atoms with E-state index >= 15 is 0 Å². The molecule has 3 rings (SSSR count). The van der Waals surface area contributed by atoms with Crippen LogP contribution >= 0.6 is 11.6 Å². The van der Waals surface area contributed by atoms with Crippen LogP contribution in [0.2, 0.25) is 5.02 Å². The summed E-state index contributed by atoms with van der Waals surface area (Å²) in [7, 11) is -3.95. The second-order valence-corrected chi connectivity index (χ2v) is 8.20. The number of benzene rings is 2. The Morgan fingerprint density at radius 2 is 1.69 bits per heavy atom. The molecule has 0 aromatic heterocycles. The summed E-state index contributed by atoms with van der Waals surface area (Å²) in [5, 5.41) is 0.172. The Kier molecular flexibility index (Phi) is 5.48. The maximum Gasteiger partial charge on any atom is 0.261 e. The molecule has 0 radical (unpaired) electrons. The molecule has 1 aliphatic heterocycles. The van der Waals surface area contributed by atoms with Gasteiger partial charge in [0.1, 0.15) is 5.82 Å². The molecule has 1 aliphatic rings. The average molecular weight is 397 g/mol. The zero-order valence-corrected chi connectivity index (χ0v) is 15.5. The van der Waals surface area contributed by atoms with Crippen molar-refractivity contribution in [3.05, 3.63) is 58.9 Å². The SMILES string of the molecule is O=C(c1ccc(Cl)c(NS(=O)(=O)c2ccc(F)cc2)c1)N1CCCCC1. The summed E-state index contributed by atoms with van der Waals surface area (Å²) >= 11 is 6.09. The quantitative estimate of drug-likeness (QED) is 0.852. The van der Waals surface area contributed by atoms with Crippen molar-refractivity contribution in [1.82, 2.24) is 4.90 Å². The van der Waals surface area contributed by atoms with Gasteiger partial charge in [-0.1, -0.05) is 11.6 Å². The van der Waals surface area contributed by atoms with Gasteiger partial charge in [0.05, 0.1) is 15.6 Å². The highest BCUT2D eigenvalue weighted by Crippen LogP contribution is 2.27. The van der Waals surface area contributed by atoms with E-state index in [4.69, 9.17) is 11.6 Å². The Balaban J connectivity index is 1.85. The van der Waals surface area contributed by atoms with Crippen molar-refractivity contribution in [3.63, 3.8) is 0 Å². The molecule has 0 aliphatic carbocycles. The molecule has 0 atom stereocenters. The van der Waals surface area contributed by atoms with Crippen LogP contribution in [0.15, 0.2) is 47.4 Å². The molecule has 1 heterocycles. The zero-order valence-electron chi connectivity index (χ0n) is 13.9. The number of hydrogen-bond donors (Lipinski definition) is 1. The largest absolute Gasteiger partial charge is 0.339 e. The van der Waals surface area contributed by atoms with E-state index in [1.54, 1.807) is 11.0 Å². The third-order valence-corrected chi connectivity index (χ3v) is 5.94. The molecule has 0 saturated carbocycles. The van der Waals surface area contributed by atoms with Crippen LogP contribution in [0.4, 0.5) is 10.1 Å². The first-order valence-electron chi connectivity index (χ1n) is 8.24. The van der Waals surface area contributed by atoms with E-state index in [0.29, 0.717) is 18.7 Å². The van der Waals surface area contributed by atoms with E-state index in [-0.39, 0.29) is 21.5 Å². The number of amides is 1. The van der Waals surface area contributed by atoms with Crippen molar-refractivity contribution in [3.8, 4) is 0 Å². The molecule has 2 aromatic rings. The highest BCUT2D eigenvalue weighted by molar-refractivity contribution is 7.92. The van der Waals surface area contributed by atoms with Crippen molar-refractivity contribution >= 4 is 33.2 Å². The van der Waals surface area contributed by atoms with E-state index in [1.807, 2.05) is 0 Å². The number of halogens is 2. The minimum atomic E-state index is -3.95. The van der Waals surface area contributed by atoms with Gasteiger partial charge in [-0.2, -0.15) is 0 Å². The molecule has 1 saturated heterocycles. The van der Waals surface area contributed by atoms with Crippen LogP contribution in [0.3, 0.4) is 0 Å². The van der Waals surface area contributed by atoms with Crippen LogP contribution < -0.4 is 4.72 Å². The summed E-state index contributed by atoms with van der Waals surface area (Å²) in [6.45, 7) is 1.39. The van der Waals surface area contributed by atoms with Gasteiger partial charge < -0.3 is 4.90 Å². The summed E-state index contributed by atoms with van der Waals surface area (Å²) in [6, 6.07) is 8.94. The molecule has 26 heavy (non-hydrogen) atoms. The average Bonchev–Trinajstić information content (AvgIpc) is 2.64. The lowest BCUT2D eigenvalue weighted by atomic mass is 10.1. The Hall–Kier alpha value is -2.12. The first kappa shape index (κ1) is 18.7. The molecular formula is C18H18ClFN2O3S. The third kappa shape index (κ3) is 4.16. The van der Waals surface area contributed by atoms with Crippen molar-refractivity contribution in [2.45, 2.75) is 24.2 Å². The Morgan fingerprint density at radius 3 is 2.35 bits per heavy atom. The summed E-state index contributed by atoms with van der Waals surface area (Å²) in [4.78, 5) is 14.3. The van der Waals surface area contributed by atoms with Gasteiger partial charge in [-0.3, -0.25) is 9.52 Å². The monoisotopic (exact) mass is 396 g/mol. The number of nitrogens with zero attached hydrogens (tertiary/aromatic N) is 1. The van der Waals surface area contributed by atoms with Gasteiger partial charge >= 0.3 is 0 Å². The van der Waals surface area contributed by atoms with Gasteiger partial charge in [0.25, 0.3) is 15.9 Å². The van der Waals surface area contributed by atoms with Crippen molar-refractivity contribution in [2.75, 3.05) is 17.8 Å². The fraction of sp³-hybridized carbons (Fsp3) is 0.278. The minimum absolute atomic E-state index is 0.0947. The van der Waals surface area contributed by atoms with Gasteiger partial charge in [0.15, 0.2) is 0 Å². The first-order chi connectivity index (χ1) is 12.4. The Bertz CT molecular complexity index is 911. The molecular weight excluding hydrogens is 379 g/mol. The third-order valence-electron chi connectivity index (χ3n) is 4.22. The maximum absolute atomic E-state index is 13.0. The van der Waals surface area contributed by atoms with Crippen molar-refractivity contribution in [2.24, 2.45) is 0 Å². The van der Waals surface area contributed by atoms with Gasteiger partial charge in [-0.15, -0.1) is 0 Å². The number of rotatable bonds is 4. The number of hydrogen-bond acceptors (Lipinski definition) is 3. The Labute approximate surface area is 156 Å². The topological polar surface area (TPSA) is 66.5 Å². The van der Waals surface area contributed by atoms with E-state index in [0.717, 1.165) is 43.5 Å². The van der Waals surface area contributed by atoms with Crippen LogP contribution in [0.5, 0.6) is 0 Å². The lowest BCUT2D eigenvalue weighted by molar-refractivity contribution is 0.0724. The number of carbonyl (C=O) groups excluding carboxylic acids is 1. The second-order valence-electron chi connectivity index (χ2n) is 6.11. The van der Waals surface area contributed by atoms with E-state index in [9.17, 15) is 17.6 Å². The van der Waals surface area contributed by atoms with E-state index in [1.165, 1.54) is 12.1 Å². The zero-order chi connectivity index (χ0) is 18.7. The maximum atomic E-state index is 13.0. The summed E-state index contributed by atoms with van der Waals surface area (Å²) in [6.07, 6.45) is 3.03. The van der Waals surface area contributed by atoms with Crippen molar-refractivity contribution < 1.29 is 17.6 Å². The normalized spacial score (nSPS) is 14.9. The van der Waals surface area contributed by atoms with Gasteiger partial charge in [-0.05, 0) is 61.7 Å². The second kappa shape index (κ2) is 7.63. The molecule has 1 fully saturated rings. The molecule has 2 aromatic carbocycles. The Morgan fingerprint density at radius 1 is 1.04 bits per heavy atom. The predicted molar refractivity (Wildman–Crippen MR) is 98.4 cm³/mol. The van der Waals surface area contributed by atoms with Crippen LogP contribution in [0.25, 0.3) is 0 Å². The van der Waals surface area contributed by atoms with Crippen LogP contribution in [0, 0.1) is 5.82 Å². The minimum Gasteiger partial charge on any atom is -0.339 e. The number of sulfonamides is 1. The summed E-state index contributed by atoms with van der Waals surface area (Å²) < 4.78 is 40.3. The molecule has 0 bridgehead atoms. The van der Waals surface area contributed by atoms with Crippen LogP contribution in [-0.4, -0.2) is 32.3 Å². The molecule has 5 nitrogen and oxygen atoms in total. The summed E-state index contributed by atoms with van der Waals surface area (Å²) in [5.74, 6) is -0.681. The molecule has 1 N–H and O–H groups in total. The smallest absolute Gasteiger partial charge is 0.261 e. The fourth-order valence-corrected chi connectivity index (χ4v) is 4.12. The molecule has 0 unspecified atom stereocenters. The lowest BCUT2D eigenvalue weighted by Crippen LogP contribution is -2.35. The molecule has 138 valence electrons. The number of anilines is 1. The number of piperidine rings is 1. The van der Waals surface area contributed by atoms with Gasteiger partial charge in [-0.25, -0.2) is 12.8 Å². The lowest BCUT2D eigenvalue weighted by Gasteiger charge is -2.27. The van der Waals surface area contributed by atoms with E-state index in [2.05, 4.69) is 4.72 Å². The standard InChI is InChI=1S/C18H18ClFN2O3S/c19-16-9-4-13(18(23)22-10-2-1-3-11-22)12-17(16)21-26(24,25)15-7-5-14(20)6-8-15/h4-9,12,21H,1-3,10-11H2. The number of likely N-dealkylation sites (tertiary alicyclic amines) is 1. The molecule has 0 spiro atoms. The summed E-state index contributed by atoms with van der Waals surface area (Å²) in [5.41, 5.74) is 0.479. The highest BCUT2D eigenvalue weighted by Gasteiger charge is 2.21. The number of nitrogens with one attached hydrogen (secondary N) is 1. The fourth-order valence-electron chi connectivity index (χ4n) is 2.83. The van der Waals surface area contributed by atoms with Crippen LogP contribution in [0.1, 0.15) is 29.6 Å². The van der Waals surface area contributed by atoms with Crippen molar-refractivity contribution in [1.29, 1.82) is 0 Å². The first-order valence-corrected chi connectivity index (χ1v) is 10.1.